The van der Waals surface area contributed by atoms with E-state index in [-0.39, 0.29) is 11.3 Å². The van der Waals surface area contributed by atoms with Crippen LogP contribution in [0.5, 0.6) is 0 Å². The van der Waals surface area contributed by atoms with E-state index in [9.17, 15) is 4.79 Å². The van der Waals surface area contributed by atoms with Crippen LogP contribution in [0.15, 0.2) is 18.3 Å². The second-order valence-corrected chi connectivity index (χ2v) is 5.60. The van der Waals surface area contributed by atoms with Crippen molar-refractivity contribution in [3.8, 4) is 0 Å². The fraction of sp³-hybridized carbons (Fsp3) is 0.538. The fourth-order valence-corrected chi connectivity index (χ4v) is 1.45. The quantitative estimate of drug-likeness (QED) is 0.852. The molecule has 1 rings (SSSR count). The number of carbonyl (C=O) groups excluding carboxylic acids is 1. The molecule has 0 aliphatic heterocycles. The molecule has 1 atom stereocenters. The first-order chi connectivity index (χ1) is 8.23. The van der Waals surface area contributed by atoms with Crippen molar-refractivity contribution in [2.75, 3.05) is 24.3 Å². The van der Waals surface area contributed by atoms with E-state index in [1.807, 2.05) is 45.8 Å². The van der Waals surface area contributed by atoms with Crippen LogP contribution in [0.25, 0.3) is 0 Å². The van der Waals surface area contributed by atoms with Crippen molar-refractivity contribution in [3.63, 3.8) is 0 Å². The lowest BCUT2D eigenvalue weighted by Gasteiger charge is -2.26. The molecule has 0 aliphatic carbocycles. The van der Waals surface area contributed by atoms with Gasteiger partial charge in [-0.25, -0.2) is 4.98 Å². The molecule has 3 N–H and O–H groups in total. The van der Waals surface area contributed by atoms with Gasteiger partial charge in [-0.2, -0.15) is 0 Å². The third-order valence-corrected chi connectivity index (χ3v) is 2.68. The van der Waals surface area contributed by atoms with E-state index >= 15 is 0 Å². The normalized spacial score (nSPS) is 13.0. The van der Waals surface area contributed by atoms with Gasteiger partial charge in [-0.3, -0.25) is 4.79 Å². The first-order valence-electron chi connectivity index (χ1n) is 5.92. The van der Waals surface area contributed by atoms with E-state index in [2.05, 4.69) is 10.3 Å². The molecule has 0 saturated carbocycles. The lowest BCUT2D eigenvalue weighted by Crippen LogP contribution is -2.45. The topological polar surface area (TPSA) is 71.2 Å². The van der Waals surface area contributed by atoms with Crippen molar-refractivity contribution in [2.45, 2.75) is 26.8 Å². The molecular weight excluding hydrogens is 228 g/mol. The third-order valence-electron chi connectivity index (χ3n) is 2.68. The van der Waals surface area contributed by atoms with E-state index in [1.54, 1.807) is 12.3 Å². The summed E-state index contributed by atoms with van der Waals surface area (Å²) in [5, 5.41) is 2.83. The molecule has 1 amide bonds. The van der Waals surface area contributed by atoms with Crippen molar-refractivity contribution in [3.05, 3.63) is 18.3 Å². The van der Waals surface area contributed by atoms with Crippen LogP contribution in [0.1, 0.15) is 20.8 Å². The summed E-state index contributed by atoms with van der Waals surface area (Å²) in [6.07, 6.45) is 1.69. The molecule has 100 valence electrons. The third kappa shape index (κ3) is 3.43. The highest BCUT2D eigenvalue weighted by Crippen LogP contribution is 2.23. The second-order valence-electron chi connectivity index (χ2n) is 5.60. The minimum atomic E-state index is -0.562. The number of hydrogen-bond acceptors (Lipinski definition) is 4. The van der Waals surface area contributed by atoms with E-state index in [1.165, 1.54) is 0 Å². The van der Waals surface area contributed by atoms with Gasteiger partial charge in [0.15, 0.2) is 5.82 Å². The van der Waals surface area contributed by atoms with Crippen molar-refractivity contribution in [2.24, 2.45) is 11.1 Å². The maximum Gasteiger partial charge on any atom is 0.241 e. The monoisotopic (exact) mass is 250 g/mol. The number of aromatic nitrogens is 1. The molecule has 0 fully saturated rings. The molecule has 1 heterocycles. The number of rotatable bonds is 3. The first kappa shape index (κ1) is 14.4. The molecule has 5 nitrogen and oxygen atoms in total. The Morgan fingerprint density at radius 3 is 2.56 bits per heavy atom. The van der Waals surface area contributed by atoms with Gasteiger partial charge in [-0.15, -0.1) is 0 Å². The number of anilines is 2. The van der Waals surface area contributed by atoms with E-state index < -0.39 is 6.04 Å². The zero-order valence-corrected chi connectivity index (χ0v) is 11.7. The largest absolute Gasteiger partial charge is 0.361 e. The number of pyridine rings is 1. The maximum absolute atomic E-state index is 12.1. The summed E-state index contributed by atoms with van der Waals surface area (Å²) in [5.41, 5.74) is 6.32. The molecule has 0 aromatic carbocycles. The summed E-state index contributed by atoms with van der Waals surface area (Å²) in [6.45, 7) is 5.81. The molecule has 0 radical (unpaired) electrons. The SMILES string of the molecule is CN(C)c1ncccc1NC(=O)[C@@H](N)C(C)(C)C. The zero-order chi connectivity index (χ0) is 13.9. The van der Waals surface area contributed by atoms with Crippen LogP contribution < -0.4 is 16.0 Å². The van der Waals surface area contributed by atoms with Crippen LogP contribution in [0, 0.1) is 5.41 Å². The average Bonchev–Trinajstić information content (AvgIpc) is 2.27. The number of carbonyl (C=O) groups is 1. The number of nitrogens with two attached hydrogens (primary N) is 1. The second kappa shape index (κ2) is 5.35. The van der Waals surface area contributed by atoms with Gasteiger partial charge >= 0.3 is 0 Å². The van der Waals surface area contributed by atoms with Crippen LogP contribution >= 0.6 is 0 Å². The average molecular weight is 250 g/mol. The van der Waals surface area contributed by atoms with Gasteiger partial charge in [0.25, 0.3) is 0 Å². The van der Waals surface area contributed by atoms with Crippen molar-refractivity contribution < 1.29 is 4.79 Å². The predicted molar refractivity (Wildman–Crippen MR) is 74.6 cm³/mol. The van der Waals surface area contributed by atoms with Crippen LogP contribution in [0.4, 0.5) is 11.5 Å². The molecule has 5 heteroatoms. The highest BCUT2D eigenvalue weighted by molar-refractivity contribution is 5.97. The minimum absolute atomic E-state index is 0.196. The highest BCUT2D eigenvalue weighted by Gasteiger charge is 2.28. The number of nitrogens with zero attached hydrogens (tertiary/aromatic N) is 2. The van der Waals surface area contributed by atoms with Gasteiger partial charge in [0.1, 0.15) is 0 Å². The fourth-order valence-electron chi connectivity index (χ4n) is 1.45. The highest BCUT2D eigenvalue weighted by atomic mass is 16.2. The molecule has 0 bridgehead atoms. The van der Waals surface area contributed by atoms with Crippen LogP contribution in [0.2, 0.25) is 0 Å². The van der Waals surface area contributed by atoms with Crippen molar-refractivity contribution >= 4 is 17.4 Å². The number of nitrogens with one attached hydrogen (secondary N) is 1. The van der Waals surface area contributed by atoms with E-state index in [0.29, 0.717) is 11.5 Å². The van der Waals surface area contributed by atoms with Gasteiger partial charge in [0, 0.05) is 20.3 Å². The Kier molecular flexibility index (Phi) is 4.29. The number of hydrogen-bond donors (Lipinski definition) is 2. The smallest absolute Gasteiger partial charge is 0.241 e. The number of amides is 1. The summed E-state index contributed by atoms with van der Waals surface area (Å²) in [5.74, 6) is 0.519. The van der Waals surface area contributed by atoms with Gasteiger partial charge in [0.05, 0.1) is 11.7 Å². The molecular formula is C13H22N4O. The molecule has 0 aliphatic rings. The summed E-state index contributed by atoms with van der Waals surface area (Å²) in [6, 6.07) is 3.04. The van der Waals surface area contributed by atoms with E-state index in [0.717, 1.165) is 0 Å². The zero-order valence-electron chi connectivity index (χ0n) is 11.7. The summed E-state index contributed by atoms with van der Waals surface area (Å²) >= 11 is 0. The molecule has 1 aromatic rings. The van der Waals surface area contributed by atoms with Crippen LogP contribution in [0.3, 0.4) is 0 Å². The van der Waals surface area contributed by atoms with Gasteiger partial charge in [-0.05, 0) is 17.5 Å². The first-order valence-corrected chi connectivity index (χ1v) is 5.92. The van der Waals surface area contributed by atoms with Crippen molar-refractivity contribution in [1.82, 2.24) is 4.98 Å². The Balaban J connectivity index is 2.89. The van der Waals surface area contributed by atoms with Gasteiger partial charge < -0.3 is 16.0 Å². The van der Waals surface area contributed by atoms with Gasteiger partial charge in [-0.1, -0.05) is 20.8 Å². The Labute approximate surface area is 108 Å². The van der Waals surface area contributed by atoms with Gasteiger partial charge in [0.2, 0.25) is 5.91 Å². The predicted octanol–water partition coefficient (Wildman–Crippen LogP) is 1.46. The Bertz CT molecular complexity index is 423. The standard InChI is InChI=1S/C13H22N4O/c1-13(2,3)10(14)12(18)16-9-7-6-8-15-11(9)17(4)5/h6-8,10H,14H2,1-5H3,(H,16,18)/t10-/m1/s1. The molecule has 0 saturated heterocycles. The van der Waals surface area contributed by atoms with Crippen molar-refractivity contribution in [1.29, 1.82) is 0 Å². The summed E-state index contributed by atoms with van der Waals surface area (Å²) in [4.78, 5) is 18.1. The minimum Gasteiger partial charge on any atom is -0.361 e. The van der Waals surface area contributed by atoms with Crippen LogP contribution in [-0.2, 0) is 4.79 Å². The lowest BCUT2D eigenvalue weighted by atomic mass is 9.87. The Hall–Kier alpha value is -1.62. The van der Waals surface area contributed by atoms with E-state index in [4.69, 9.17) is 5.73 Å². The van der Waals surface area contributed by atoms with Crippen LogP contribution in [-0.4, -0.2) is 31.0 Å². The molecule has 1 aromatic heterocycles. The Morgan fingerprint density at radius 1 is 1.44 bits per heavy atom. The molecule has 18 heavy (non-hydrogen) atoms. The Morgan fingerprint density at radius 2 is 2.06 bits per heavy atom. The molecule has 0 unspecified atom stereocenters. The summed E-state index contributed by atoms with van der Waals surface area (Å²) in [7, 11) is 3.75. The molecule has 0 spiro atoms. The maximum atomic E-state index is 12.1. The lowest BCUT2D eigenvalue weighted by molar-refractivity contribution is -0.119. The summed E-state index contributed by atoms with van der Waals surface area (Å²) < 4.78 is 0.